The number of halogens is 1. The topological polar surface area (TPSA) is 71.4 Å². The van der Waals surface area contributed by atoms with Crippen molar-refractivity contribution < 1.29 is 18.3 Å². The second-order valence-corrected chi connectivity index (χ2v) is 4.92. The third kappa shape index (κ3) is 4.76. The van der Waals surface area contributed by atoms with E-state index in [1.807, 2.05) is 0 Å². The normalized spacial score (nSPS) is 12.9. The van der Waals surface area contributed by atoms with Gasteiger partial charge in [-0.1, -0.05) is 0 Å². The molecule has 0 radical (unpaired) electrons. The van der Waals surface area contributed by atoms with Gasteiger partial charge in [0.15, 0.2) is 0 Å². The van der Waals surface area contributed by atoms with Crippen molar-refractivity contribution in [2.75, 3.05) is 0 Å². The molecule has 0 aromatic rings. The van der Waals surface area contributed by atoms with Crippen molar-refractivity contribution >= 4 is 37.4 Å². The minimum absolute atomic E-state index is 0.271. The van der Waals surface area contributed by atoms with Gasteiger partial charge in [-0.3, -0.25) is 0 Å². The van der Waals surface area contributed by atoms with E-state index in [2.05, 4.69) is 13.2 Å². The number of aliphatic carboxylic acids is 1. The van der Waals surface area contributed by atoms with Crippen LogP contribution in [0.15, 0.2) is 36.9 Å². The predicted molar refractivity (Wildman–Crippen MR) is 61.6 cm³/mol. The molecule has 0 bridgehead atoms. The Hall–Kier alpha value is -1.14. The van der Waals surface area contributed by atoms with Gasteiger partial charge in [0.05, 0.1) is 0 Å². The minimum atomic E-state index is -3.99. The Morgan fingerprint density at radius 2 is 1.93 bits per heavy atom. The van der Waals surface area contributed by atoms with Crippen LogP contribution < -0.4 is 0 Å². The third-order valence-corrected chi connectivity index (χ3v) is 2.68. The second kappa shape index (κ2) is 5.67. The molecule has 0 aliphatic heterocycles. The molecule has 0 aliphatic rings. The molecule has 0 saturated heterocycles. The van der Waals surface area contributed by atoms with Gasteiger partial charge in [0.2, 0.25) is 0 Å². The van der Waals surface area contributed by atoms with Gasteiger partial charge in [0.1, 0.15) is 0 Å². The summed E-state index contributed by atoms with van der Waals surface area (Å²) in [5.74, 6) is -0.103. The molecule has 0 aromatic heterocycles. The van der Waals surface area contributed by atoms with Crippen molar-refractivity contribution in [2.24, 2.45) is 0 Å². The standard InChI is InChI=1S/C8H8BClO4S/c1-3-6(8(11)12)5-7(9-4-2)15(10,13)14/h3-5H,1-2H2,(H,11,12)/b6-5+. The molecule has 0 aliphatic carbocycles. The van der Waals surface area contributed by atoms with E-state index in [4.69, 9.17) is 15.8 Å². The average molecular weight is 246 g/mol. The number of carboxylic acids is 1. The van der Waals surface area contributed by atoms with Crippen molar-refractivity contribution in [3.63, 3.8) is 0 Å². The van der Waals surface area contributed by atoms with Crippen molar-refractivity contribution in [2.45, 2.75) is 0 Å². The van der Waals surface area contributed by atoms with Crippen LogP contribution in [0.5, 0.6) is 0 Å². The molecule has 7 heteroatoms. The molecule has 1 N–H and O–H groups in total. The Balaban J connectivity index is 5.52. The van der Waals surface area contributed by atoms with Crippen LogP contribution in [0, 0.1) is 0 Å². The van der Waals surface area contributed by atoms with Gasteiger partial charge in [0, 0.05) is 0 Å². The summed E-state index contributed by atoms with van der Waals surface area (Å²) in [4.78, 5) is 10.2. The van der Waals surface area contributed by atoms with Gasteiger partial charge in [-0.2, -0.15) is 0 Å². The van der Waals surface area contributed by atoms with Crippen LogP contribution in [0.2, 0.25) is 0 Å². The summed E-state index contributed by atoms with van der Waals surface area (Å²) >= 11 is 0. The van der Waals surface area contributed by atoms with Gasteiger partial charge in [-0.05, 0) is 0 Å². The average Bonchev–Trinajstić information content (AvgIpc) is 2.09. The zero-order chi connectivity index (χ0) is 12.1. The fraction of sp³-hybridized carbons (Fsp3) is 0. The zero-order valence-corrected chi connectivity index (χ0v) is 9.25. The first kappa shape index (κ1) is 13.9. The molecule has 0 heterocycles. The van der Waals surface area contributed by atoms with Crippen molar-refractivity contribution in [3.8, 4) is 0 Å². The number of carboxylic acid groups (broad SMARTS) is 1. The fourth-order valence-electron chi connectivity index (χ4n) is 0.677. The maximum atomic E-state index is 11.0. The van der Waals surface area contributed by atoms with Crippen LogP contribution in [0.4, 0.5) is 0 Å². The Bertz CT molecular complexity index is 447. The molecule has 0 atom stereocenters. The number of hydrogen-bond donors (Lipinski definition) is 1. The van der Waals surface area contributed by atoms with Crippen LogP contribution in [-0.2, 0) is 13.8 Å². The molecule has 0 spiro atoms. The monoisotopic (exact) mass is 246 g/mol. The molecule has 0 amide bonds. The number of carbonyl (C=O) groups is 1. The fourth-order valence-corrected chi connectivity index (χ4v) is 1.49. The predicted octanol–water partition coefficient (Wildman–Crippen LogP) is 0.730. The van der Waals surface area contributed by atoms with E-state index in [1.165, 1.54) is 5.98 Å². The quantitative estimate of drug-likeness (QED) is 0.336. The SMILES string of the molecule is C=CB=C(/C=C(\C=C)C(=O)O)S(=O)(=O)Cl. The van der Waals surface area contributed by atoms with Crippen LogP contribution >= 0.6 is 10.7 Å². The Kier molecular flexibility index (Phi) is 5.25. The summed E-state index contributed by atoms with van der Waals surface area (Å²) in [5.41, 5.74) is -0.271. The molecular formula is C8H8BClO4S. The Morgan fingerprint density at radius 3 is 2.20 bits per heavy atom. The van der Waals surface area contributed by atoms with E-state index >= 15 is 0 Å². The first-order chi connectivity index (χ1) is 6.82. The van der Waals surface area contributed by atoms with Crippen molar-refractivity contribution in [3.05, 3.63) is 36.9 Å². The third-order valence-electron chi connectivity index (χ3n) is 1.33. The van der Waals surface area contributed by atoms with Gasteiger partial charge in [-0.15, -0.1) is 0 Å². The van der Waals surface area contributed by atoms with Gasteiger partial charge in [0.25, 0.3) is 0 Å². The summed E-state index contributed by atoms with van der Waals surface area (Å²) in [7, 11) is 1.08. The molecule has 0 fully saturated rings. The zero-order valence-electron chi connectivity index (χ0n) is 7.68. The van der Waals surface area contributed by atoms with E-state index in [1.54, 1.807) is 0 Å². The molecule has 0 aromatic carbocycles. The Morgan fingerprint density at radius 1 is 1.40 bits per heavy atom. The first-order valence-electron chi connectivity index (χ1n) is 3.67. The van der Waals surface area contributed by atoms with E-state index in [9.17, 15) is 13.2 Å². The summed E-state index contributed by atoms with van der Waals surface area (Å²) in [6, 6.07) is 0. The summed E-state index contributed by atoms with van der Waals surface area (Å²) < 4.78 is 21.9. The van der Waals surface area contributed by atoms with Crippen LogP contribution in [-0.4, -0.2) is 31.2 Å². The Labute approximate surface area is 92.9 Å². The molecular weight excluding hydrogens is 238 g/mol. The van der Waals surface area contributed by atoms with Gasteiger partial charge in [-0.25, -0.2) is 0 Å². The van der Waals surface area contributed by atoms with E-state index in [0.717, 1.165) is 19.1 Å². The molecule has 4 nitrogen and oxygen atoms in total. The second-order valence-electron chi connectivity index (χ2n) is 2.35. The van der Waals surface area contributed by atoms with Gasteiger partial charge >= 0.3 is 92.6 Å². The van der Waals surface area contributed by atoms with Crippen LogP contribution in [0.25, 0.3) is 0 Å². The molecule has 0 unspecified atom stereocenters. The van der Waals surface area contributed by atoms with Crippen LogP contribution in [0.3, 0.4) is 0 Å². The van der Waals surface area contributed by atoms with Crippen molar-refractivity contribution in [1.82, 2.24) is 0 Å². The maximum absolute atomic E-state index is 11.0. The molecule has 0 saturated carbocycles. The number of rotatable bonds is 5. The molecule has 15 heavy (non-hydrogen) atoms. The van der Waals surface area contributed by atoms with Crippen LogP contribution in [0.1, 0.15) is 0 Å². The molecule has 0 rings (SSSR count). The summed E-state index contributed by atoms with van der Waals surface area (Å²) in [6.45, 7) is 7.62. The van der Waals surface area contributed by atoms with E-state index in [-0.39, 0.29) is 10.4 Å². The first-order valence-corrected chi connectivity index (χ1v) is 5.98. The summed E-state index contributed by atoms with van der Waals surface area (Å²) in [6.07, 6.45) is 1.92. The number of hydrogen-bond acceptors (Lipinski definition) is 3. The van der Waals surface area contributed by atoms with Gasteiger partial charge < -0.3 is 0 Å². The van der Waals surface area contributed by atoms with E-state index in [0.29, 0.717) is 0 Å². The van der Waals surface area contributed by atoms with E-state index < -0.39 is 15.0 Å². The van der Waals surface area contributed by atoms with Crippen molar-refractivity contribution in [1.29, 1.82) is 0 Å². The molecule has 80 valence electrons. The summed E-state index contributed by atoms with van der Waals surface area (Å²) in [5, 5.41) is 8.63.